The number of hydrogen-bond acceptors (Lipinski definition) is 2. The van der Waals surface area contributed by atoms with Crippen molar-refractivity contribution in [3.8, 4) is 5.75 Å². The first-order valence-corrected chi connectivity index (χ1v) is 4.53. The fourth-order valence-electron chi connectivity index (χ4n) is 1.52. The molecule has 1 rings (SSSR count). The lowest BCUT2D eigenvalue weighted by Crippen LogP contribution is -1.94. The monoisotopic (exact) mass is 178 g/mol. The third-order valence-corrected chi connectivity index (χ3v) is 2.27. The summed E-state index contributed by atoms with van der Waals surface area (Å²) in [5.74, 6) is 0.150. The van der Waals surface area contributed by atoms with Gasteiger partial charge in [0.05, 0.1) is 5.56 Å². The van der Waals surface area contributed by atoms with Gasteiger partial charge in [0.15, 0.2) is 6.29 Å². The first-order chi connectivity index (χ1) is 6.24. The molecule has 0 radical (unpaired) electrons. The van der Waals surface area contributed by atoms with E-state index < -0.39 is 0 Å². The zero-order valence-corrected chi connectivity index (χ0v) is 8.00. The third-order valence-electron chi connectivity index (χ3n) is 2.27. The predicted octanol–water partition coefficient (Wildman–Crippen LogP) is 2.33. The molecule has 2 nitrogen and oxygen atoms in total. The molecule has 0 amide bonds. The molecule has 0 heterocycles. The second-order valence-electron chi connectivity index (χ2n) is 2.97. The highest BCUT2D eigenvalue weighted by atomic mass is 16.3. The van der Waals surface area contributed by atoms with Crippen LogP contribution < -0.4 is 0 Å². The Morgan fingerprint density at radius 1 is 1.31 bits per heavy atom. The summed E-state index contributed by atoms with van der Waals surface area (Å²) in [5, 5.41) is 9.67. The molecule has 13 heavy (non-hydrogen) atoms. The second kappa shape index (κ2) is 4.08. The highest BCUT2D eigenvalue weighted by Gasteiger charge is 2.08. The van der Waals surface area contributed by atoms with Crippen LogP contribution in [0.25, 0.3) is 0 Å². The van der Waals surface area contributed by atoms with E-state index in [1.807, 2.05) is 19.9 Å². The van der Waals surface area contributed by atoms with Gasteiger partial charge in [-0.2, -0.15) is 0 Å². The van der Waals surface area contributed by atoms with Crippen molar-refractivity contribution in [3.63, 3.8) is 0 Å². The molecule has 70 valence electrons. The van der Waals surface area contributed by atoms with E-state index in [1.165, 1.54) is 0 Å². The first kappa shape index (κ1) is 9.78. The standard InChI is InChI=1S/C11H14O2/c1-3-8-5-6-9(7-12)11(13)10(8)4-2/h5-7,13H,3-4H2,1-2H3. The lowest BCUT2D eigenvalue weighted by atomic mass is 9.99. The van der Waals surface area contributed by atoms with E-state index in [9.17, 15) is 9.90 Å². The second-order valence-corrected chi connectivity index (χ2v) is 2.97. The Hall–Kier alpha value is -1.31. The lowest BCUT2D eigenvalue weighted by Gasteiger charge is -2.09. The van der Waals surface area contributed by atoms with Gasteiger partial charge in [0, 0.05) is 0 Å². The van der Waals surface area contributed by atoms with Crippen molar-refractivity contribution in [3.05, 3.63) is 28.8 Å². The molecule has 1 N–H and O–H groups in total. The summed E-state index contributed by atoms with van der Waals surface area (Å²) in [5.41, 5.74) is 2.40. The summed E-state index contributed by atoms with van der Waals surface area (Å²) >= 11 is 0. The van der Waals surface area contributed by atoms with Crippen LogP contribution in [-0.4, -0.2) is 11.4 Å². The van der Waals surface area contributed by atoms with Crippen LogP contribution in [0.15, 0.2) is 12.1 Å². The van der Waals surface area contributed by atoms with Gasteiger partial charge in [0.2, 0.25) is 0 Å². The number of phenolic OH excluding ortho intramolecular Hbond substituents is 1. The highest BCUT2D eigenvalue weighted by molar-refractivity contribution is 5.80. The van der Waals surface area contributed by atoms with E-state index in [-0.39, 0.29) is 5.75 Å². The minimum atomic E-state index is 0.150. The molecule has 0 aliphatic carbocycles. The summed E-state index contributed by atoms with van der Waals surface area (Å²) in [7, 11) is 0. The number of benzene rings is 1. The maximum Gasteiger partial charge on any atom is 0.153 e. The van der Waals surface area contributed by atoms with Gasteiger partial charge in [-0.05, 0) is 30.0 Å². The molecule has 0 saturated carbocycles. The average molecular weight is 178 g/mol. The van der Waals surface area contributed by atoms with E-state index in [0.717, 1.165) is 24.0 Å². The Labute approximate surface area is 78.2 Å². The molecule has 0 aliphatic heterocycles. The summed E-state index contributed by atoms with van der Waals surface area (Å²) in [6, 6.07) is 3.57. The van der Waals surface area contributed by atoms with Crippen molar-refractivity contribution in [1.29, 1.82) is 0 Å². The van der Waals surface area contributed by atoms with Crippen LogP contribution in [0.3, 0.4) is 0 Å². The zero-order chi connectivity index (χ0) is 9.84. The summed E-state index contributed by atoms with van der Waals surface area (Å²) in [6.45, 7) is 4.01. The van der Waals surface area contributed by atoms with Crippen LogP contribution in [0.1, 0.15) is 35.3 Å². The molecular formula is C11H14O2. The van der Waals surface area contributed by atoms with E-state index >= 15 is 0 Å². The Bertz CT molecular complexity index is 316. The maximum absolute atomic E-state index is 10.5. The van der Waals surface area contributed by atoms with Gasteiger partial charge in [0.1, 0.15) is 5.75 Å². The average Bonchev–Trinajstić information content (AvgIpc) is 2.17. The number of aryl methyl sites for hydroxylation is 1. The molecule has 0 fully saturated rings. The molecule has 0 atom stereocenters. The zero-order valence-electron chi connectivity index (χ0n) is 8.00. The van der Waals surface area contributed by atoms with Gasteiger partial charge in [-0.1, -0.05) is 19.9 Å². The number of carbonyl (C=O) groups is 1. The fraction of sp³-hybridized carbons (Fsp3) is 0.364. The van der Waals surface area contributed by atoms with Crippen molar-refractivity contribution < 1.29 is 9.90 Å². The highest BCUT2D eigenvalue weighted by Crippen LogP contribution is 2.25. The minimum absolute atomic E-state index is 0.150. The van der Waals surface area contributed by atoms with Gasteiger partial charge in [-0.15, -0.1) is 0 Å². The predicted molar refractivity (Wildman–Crippen MR) is 52.3 cm³/mol. The number of hydrogen-bond donors (Lipinski definition) is 1. The molecule has 0 aromatic heterocycles. The van der Waals surface area contributed by atoms with E-state index in [1.54, 1.807) is 6.07 Å². The molecule has 0 unspecified atom stereocenters. The van der Waals surface area contributed by atoms with Gasteiger partial charge >= 0.3 is 0 Å². The molecule has 0 spiro atoms. The van der Waals surface area contributed by atoms with Crippen molar-refractivity contribution in [2.24, 2.45) is 0 Å². The number of aldehydes is 1. The van der Waals surface area contributed by atoms with Crippen LogP contribution in [-0.2, 0) is 12.8 Å². The molecule has 1 aromatic rings. The minimum Gasteiger partial charge on any atom is -0.507 e. The summed E-state index contributed by atoms with van der Waals surface area (Å²) in [6.07, 6.45) is 2.33. The van der Waals surface area contributed by atoms with Crippen LogP contribution >= 0.6 is 0 Å². The van der Waals surface area contributed by atoms with Gasteiger partial charge < -0.3 is 5.11 Å². The van der Waals surface area contributed by atoms with E-state index in [2.05, 4.69) is 0 Å². The maximum atomic E-state index is 10.5. The van der Waals surface area contributed by atoms with Crippen molar-refractivity contribution in [2.45, 2.75) is 26.7 Å². The van der Waals surface area contributed by atoms with Gasteiger partial charge in [-0.3, -0.25) is 4.79 Å². The SMILES string of the molecule is CCc1ccc(C=O)c(O)c1CC. The number of phenols is 1. The van der Waals surface area contributed by atoms with Crippen LogP contribution in [0.2, 0.25) is 0 Å². The van der Waals surface area contributed by atoms with Crippen LogP contribution in [0.4, 0.5) is 0 Å². The first-order valence-electron chi connectivity index (χ1n) is 4.53. The van der Waals surface area contributed by atoms with Crippen molar-refractivity contribution >= 4 is 6.29 Å². The summed E-state index contributed by atoms with van der Waals surface area (Å²) in [4.78, 5) is 10.5. The molecular weight excluding hydrogens is 164 g/mol. The topological polar surface area (TPSA) is 37.3 Å². The Morgan fingerprint density at radius 2 is 2.00 bits per heavy atom. The number of rotatable bonds is 3. The largest absolute Gasteiger partial charge is 0.507 e. The van der Waals surface area contributed by atoms with Crippen LogP contribution in [0, 0.1) is 0 Å². The normalized spacial score (nSPS) is 10.0. The smallest absolute Gasteiger partial charge is 0.153 e. The molecule has 0 bridgehead atoms. The fourth-order valence-corrected chi connectivity index (χ4v) is 1.52. The number of carbonyl (C=O) groups excluding carboxylic acids is 1. The van der Waals surface area contributed by atoms with Crippen molar-refractivity contribution in [2.75, 3.05) is 0 Å². The molecule has 2 heteroatoms. The van der Waals surface area contributed by atoms with E-state index in [4.69, 9.17) is 0 Å². The van der Waals surface area contributed by atoms with Crippen molar-refractivity contribution in [1.82, 2.24) is 0 Å². The Kier molecular flexibility index (Phi) is 3.07. The number of aromatic hydroxyl groups is 1. The molecule has 0 saturated heterocycles. The Balaban J connectivity index is 3.31. The van der Waals surface area contributed by atoms with Crippen LogP contribution in [0.5, 0.6) is 5.75 Å². The lowest BCUT2D eigenvalue weighted by molar-refractivity contribution is 0.112. The van der Waals surface area contributed by atoms with Gasteiger partial charge in [-0.25, -0.2) is 0 Å². The summed E-state index contributed by atoms with van der Waals surface area (Å²) < 4.78 is 0. The Morgan fingerprint density at radius 3 is 2.46 bits per heavy atom. The third kappa shape index (κ3) is 1.72. The van der Waals surface area contributed by atoms with E-state index in [0.29, 0.717) is 11.8 Å². The quantitative estimate of drug-likeness (QED) is 0.721. The van der Waals surface area contributed by atoms with Gasteiger partial charge in [0.25, 0.3) is 0 Å². The molecule has 0 aliphatic rings. The molecule has 1 aromatic carbocycles.